The first kappa shape index (κ1) is 20.0. The van der Waals surface area contributed by atoms with E-state index in [2.05, 4.69) is 10.1 Å². The second-order valence-corrected chi connectivity index (χ2v) is 8.42. The van der Waals surface area contributed by atoms with Gasteiger partial charge in [-0.3, -0.25) is 9.69 Å². The predicted molar refractivity (Wildman–Crippen MR) is 104 cm³/mol. The van der Waals surface area contributed by atoms with Crippen molar-refractivity contribution in [3.05, 3.63) is 52.4 Å². The van der Waals surface area contributed by atoms with Crippen LogP contribution in [0.15, 0.2) is 22.7 Å². The minimum absolute atomic E-state index is 0.00854. The first-order valence-electron chi connectivity index (χ1n) is 10.3. The fourth-order valence-electron chi connectivity index (χ4n) is 4.89. The lowest BCUT2D eigenvalue weighted by atomic mass is 9.79. The van der Waals surface area contributed by atoms with Gasteiger partial charge in [0.25, 0.3) is 5.91 Å². The lowest BCUT2D eigenvalue weighted by Crippen LogP contribution is -2.45. The summed E-state index contributed by atoms with van der Waals surface area (Å²) in [4.78, 5) is 17.2. The third kappa shape index (κ3) is 3.80. The summed E-state index contributed by atoms with van der Waals surface area (Å²) in [6.45, 7) is 7.16. The molecule has 0 aliphatic carbocycles. The molecule has 7 heteroatoms. The van der Waals surface area contributed by atoms with Crippen LogP contribution in [0.25, 0.3) is 0 Å². The van der Waals surface area contributed by atoms with E-state index in [1.807, 2.05) is 11.8 Å². The van der Waals surface area contributed by atoms with Crippen molar-refractivity contribution < 1.29 is 18.1 Å². The summed E-state index contributed by atoms with van der Waals surface area (Å²) < 4.78 is 32.9. The molecule has 1 amide bonds. The van der Waals surface area contributed by atoms with E-state index < -0.39 is 11.6 Å². The summed E-state index contributed by atoms with van der Waals surface area (Å²) in [5, 5.41) is 4.01. The fourth-order valence-corrected chi connectivity index (χ4v) is 4.89. The zero-order valence-electron chi connectivity index (χ0n) is 17.0. The number of hydrogen-bond acceptors (Lipinski definition) is 4. The van der Waals surface area contributed by atoms with Crippen molar-refractivity contribution in [3.8, 4) is 0 Å². The second kappa shape index (κ2) is 7.86. The molecule has 0 radical (unpaired) electrons. The molecular formula is C22H27F2N3O2. The molecule has 2 aromatic rings. The summed E-state index contributed by atoms with van der Waals surface area (Å²) in [7, 11) is 0. The van der Waals surface area contributed by atoms with Crippen molar-refractivity contribution in [2.75, 3.05) is 26.2 Å². The monoisotopic (exact) mass is 403 g/mol. The molecule has 1 aromatic carbocycles. The summed E-state index contributed by atoms with van der Waals surface area (Å²) >= 11 is 0. The van der Waals surface area contributed by atoms with Gasteiger partial charge in [-0.25, -0.2) is 8.78 Å². The van der Waals surface area contributed by atoms with Crippen LogP contribution in [-0.4, -0.2) is 47.0 Å². The molecule has 2 saturated heterocycles. The Balaban J connectivity index is 1.46. The lowest BCUT2D eigenvalue weighted by Gasteiger charge is -2.40. The minimum atomic E-state index is -0.803. The number of nitrogens with zero attached hydrogens (tertiary/aromatic N) is 3. The van der Waals surface area contributed by atoms with Crippen LogP contribution in [0.5, 0.6) is 0 Å². The quantitative estimate of drug-likeness (QED) is 0.776. The van der Waals surface area contributed by atoms with Crippen molar-refractivity contribution in [1.29, 1.82) is 0 Å². The average Bonchev–Trinajstić information content (AvgIpc) is 3.28. The Morgan fingerprint density at radius 1 is 1.24 bits per heavy atom. The fraction of sp³-hybridized carbons (Fsp3) is 0.545. The first-order valence-corrected chi connectivity index (χ1v) is 10.3. The number of piperidine rings is 1. The van der Waals surface area contributed by atoms with Gasteiger partial charge < -0.3 is 9.42 Å². The van der Waals surface area contributed by atoms with E-state index in [0.29, 0.717) is 48.6 Å². The highest BCUT2D eigenvalue weighted by atomic mass is 19.2. The number of amides is 1. The number of aryl methyl sites for hydroxylation is 2. The summed E-state index contributed by atoms with van der Waals surface area (Å²) in [6, 6.07) is 4.34. The molecule has 29 heavy (non-hydrogen) atoms. The van der Waals surface area contributed by atoms with Crippen LogP contribution in [0.2, 0.25) is 0 Å². The van der Waals surface area contributed by atoms with Crippen molar-refractivity contribution in [3.63, 3.8) is 0 Å². The molecule has 3 heterocycles. The van der Waals surface area contributed by atoms with Gasteiger partial charge in [-0.15, -0.1) is 0 Å². The van der Waals surface area contributed by atoms with Crippen LogP contribution in [0.4, 0.5) is 8.78 Å². The first-order chi connectivity index (χ1) is 13.9. The number of halogens is 2. The summed E-state index contributed by atoms with van der Waals surface area (Å²) in [6.07, 6.45) is 3.62. The molecule has 0 unspecified atom stereocenters. The molecule has 0 saturated carbocycles. The zero-order chi connectivity index (χ0) is 20.6. The molecular weight excluding hydrogens is 376 g/mol. The Kier molecular flexibility index (Phi) is 5.42. The number of benzene rings is 1. The number of likely N-dealkylation sites (tertiary alicyclic amines) is 2. The Bertz CT molecular complexity index is 913. The Hall–Kier alpha value is -2.28. The van der Waals surface area contributed by atoms with Gasteiger partial charge in [0.05, 0.1) is 5.69 Å². The minimum Gasteiger partial charge on any atom is -0.361 e. The van der Waals surface area contributed by atoms with Gasteiger partial charge in [-0.1, -0.05) is 24.2 Å². The van der Waals surface area contributed by atoms with Crippen molar-refractivity contribution >= 4 is 5.91 Å². The van der Waals surface area contributed by atoms with E-state index in [1.165, 1.54) is 0 Å². The standard InChI is InChI=1S/C22H27F2N3O2/c1-3-18-19(15(2)29-25-18)21(28)27-11-9-22(14-27)8-5-10-26(13-22)12-16-6-4-7-17(23)20(16)24/h4,6-7H,3,5,8-14H2,1-2H3/t22-/m0/s1. The van der Waals surface area contributed by atoms with Crippen LogP contribution in [0.3, 0.4) is 0 Å². The zero-order valence-corrected chi connectivity index (χ0v) is 17.0. The molecule has 156 valence electrons. The van der Waals surface area contributed by atoms with Crippen molar-refractivity contribution in [2.45, 2.75) is 46.1 Å². The van der Waals surface area contributed by atoms with E-state index in [-0.39, 0.29) is 11.3 Å². The SMILES string of the molecule is CCc1noc(C)c1C(=O)N1CC[C@]2(CCCN(Cc3cccc(F)c3F)C2)C1. The second-order valence-electron chi connectivity index (χ2n) is 8.42. The normalized spacial score (nSPS) is 22.6. The van der Waals surface area contributed by atoms with Crippen molar-refractivity contribution in [2.24, 2.45) is 5.41 Å². The smallest absolute Gasteiger partial charge is 0.259 e. The Morgan fingerprint density at radius 2 is 2.07 bits per heavy atom. The van der Waals surface area contributed by atoms with Gasteiger partial charge in [0, 0.05) is 37.2 Å². The van der Waals surface area contributed by atoms with E-state index in [9.17, 15) is 13.6 Å². The van der Waals surface area contributed by atoms with E-state index >= 15 is 0 Å². The molecule has 1 atom stereocenters. The molecule has 0 N–H and O–H groups in total. The molecule has 2 aliphatic heterocycles. The number of aromatic nitrogens is 1. The van der Waals surface area contributed by atoms with Crippen LogP contribution in [-0.2, 0) is 13.0 Å². The highest BCUT2D eigenvalue weighted by Gasteiger charge is 2.43. The van der Waals surface area contributed by atoms with E-state index in [0.717, 1.165) is 38.4 Å². The average molecular weight is 403 g/mol. The van der Waals surface area contributed by atoms with Crippen molar-refractivity contribution in [1.82, 2.24) is 15.0 Å². The van der Waals surface area contributed by atoms with Crippen LogP contribution < -0.4 is 0 Å². The highest BCUT2D eigenvalue weighted by molar-refractivity contribution is 5.96. The largest absolute Gasteiger partial charge is 0.361 e. The third-order valence-corrected chi connectivity index (χ3v) is 6.37. The van der Waals surface area contributed by atoms with E-state index in [4.69, 9.17) is 4.52 Å². The highest BCUT2D eigenvalue weighted by Crippen LogP contribution is 2.40. The third-order valence-electron chi connectivity index (χ3n) is 6.37. The topological polar surface area (TPSA) is 49.6 Å². The maximum absolute atomic E-state index is 14.1. The maximum Gasteiger partial charge on any atom is 0.259 e. The maximum atomic E-state index is 14.1. The van der Waals surface area contributed by atoms with Gasteiger partial charge >= 0.3 is 0 Å². The Morgan fingerprint density at radius 3 is 2.86 bits per heavy atom. The number of hydrogen-bond donors (Lipinski definition) is 0. The Labute approximate surface area is 169 Å². The molecule has 2 aliphatic rings. The summed E-state index contributed by atoms with van der Waals surface area (Å²) in [5.74, 6) is -1.00. The molecule has 1 aromatic heterocycles. The van der Waals surface area contributed by atoms with E-state index in [1.54, 1.807) is 19.1 Å². The van der Waals surface area contributed by atoms with Gasteiger partial charge in [-0.05, 0) is 45.2 Å². The van der Waals surface area contributed by atoms with Crippen LogP contribution >= 0.6 is 0 Å². The van der Waals surface area contributed by atoms with Gasteiger partial charge in [-0.2, -0.15) is 0 Å². The number of carbonyl (C=O) groups excluding carboxylic acids is 1. The predicted octanol–water partition coefficient (Wildman–Crippen LogP) is 3.95. The summed E-state index contributed by atoms with van der Waals surface area (Å²) in [5.41, 5.74) is 1.70. The number of rotatable bonds is 4. The van der Waals surface area contributed by atoms with Crippen LogP contribution in [0.1, 0.15) is 53.6 Å². The number of carbonyl (C=O) groups is 1. The van der Waals surface area contributed by atoms with Crippen LogP contribution in [0, 0.1) is 24.0 Å². The van der Waals surface area contributed by atoms with Gasteiger partial charge in [0.1, 0.15) is 11.3 Å². The molecule has 0 bridgehead atoms. The lowest BCUT2D eigenvalue weighted by molar-refractivity contribution is 0.0670. The molecule has 2 fully saturated rings. The molecule has 4 rings (SSSR count). The van der Waals surface area contributed by atoms with Gasteiger partial charge in [0.2, 0.25) is 0 Å². The van der Waals surface area contributed by atoms with Gasteiger partial charge in [0.15, 0.2) is 11.6 Å². The molecule has 1 spiro atoms. The molecule has 5 nitrogen and oxygen atoms in total.